The van der Waals surface area contributed by atoms with E-state index in [4.69, 9.17) is 0 Å². The van der Waals surface area contributed by atoms with Crippen LogP contribution < -0.4 is 0 Å². The highest BCUT2D eigenvalue weighted by atomic mass is 15.1. The molecule has 0 aromatic carbocycles. The van der Waals surface area contributed by atoms with E-state index in [-0.39, 0.29) is 0 Å². The van der Waals surface area contributed by atoms with Gasteiger partial charge in [-0.3, -0.25) is 0 Å². The monoisotopic (exact) mass is 207 g/mol. The van der Waals surface area contributed by atoms with Crippen molar-refractivity contribution >= 4 is 0 Å². The van der Waals surface area contributed by atoms with Crippen LogP contribution in [0.3, 0.4) is 0 Å². The van der Waals surface area contributed by atoms with Crippen molar-refractivity contribution in [3.05, 3.63) is 24.8 Å². The van der Waals surface area contributed by atoms with Gasteiger partial charge < -0.3 is 4.90 Å². The van der Waals surface area contributed by atoms with Crippen LogP contribution in [0.1, 0.15) is 33.1 Å². The third kappa shape index (κ3) is 4.65. The Kier molecular flexibility index (Phi) is 5.70. The number of nitrogens with zero attached hydrogens (tertiary/aromatic N) is 1. The van der Waals surface area contributed by atoms with Gasteiger partial charge in [-0.15, -0.1) is 0 Å². The molecule has 1 aliphatic heterocycles. The average molecular weight is 207 g/mol. The van der Waals surface area contributed by atoms with Crippen LogP contribution in [0, 0.1) is 11.8 Å². The molecule has 0 radical (unpaired) electrons. The van der Waals surface area contributed by atoms with E-state index in [1.165, 1.54) is 38.9 Å². The van der Waals surface area contributed by atoms with Gasteiger partial charge in [-0.25, -0.2) is 0 Å². The molecule has 0 aromatic rings. The molecule has 0 N–H and O–H groups in total. The lowest BCUT2D eigenvalue weighted by Crippen LogP contribution is -2.38. The second-order valence-electron chi connectivity index (χ2n) is 4.85. The Hall–Kier alpha value is -0.560. The first-order chi connectivity index (χ1) is 7.24. The molecule has 0 bridgehead atoms. The highest BCUT2D eigenvalue weighted by Gasteiger charge is 2.21. The van der Waals surface area contributed by atoms with Crippen molar-refractivity contribution in [2.45, 2.75) is 33.1 Å². The summed E-state index contributed by atoms with van der Waals surface area (Å²) in [6.45, 7) is 12.3. The van der Waals surface area contributed by atoms with Gasteiger partial charge in [-0.1, -0.05) is 38.7 Å². The third-order valence-electron chi connectivity index (χ3n) is 3.54. The van der Waals surface area contributed by atoms with E-state index in [0.29, 0.717) is 0 Å². The molecule has 0 amide bonds. The molecule has 0 aliphatic carbocycles. The van der Waals surface area contributed by atoms with E-state index in [2.05, 4.69) is 31.4 Å². The summed E-state index contributed by atoms with van der Waals surface area (Å²) in [5.41, 5.74) is 0. The lowest BCUT2D eigenvalue weighted by molar-refractivity contribution is 0.137. The molecule has 1 aliphatic rings. The fourth-order valence-corrected chi connectivity index (χ4v) is 2.18. The first-order valence-electron chi connectivity index (χ1n) is 6.24. The molecule has 2 atom stereocenters. The van der Waals surface area contributed by atoms with Crippen molar-refractivity contribution in [1.29, 1.82) is 0 Å². The maximum absolute atomic E-state index is 3.67. The third-order valence-corrected chi connectivity index (χ3v) is 3.54. The molecule has 1 saturated heterocycles. The van der Waals surface area contributed by atoms with Crippen molar-refractivity contribution in [2.75, 3.05) is 19.6 Å². The normalized spacial score (nSPS) is 28.4. The molecule has 0 spiro atoms. The highest BCUT2D eigenvalue weighted by Crippen LogP contribution is 2.22. The number of likely N-dealkylation sites (tertiary alicyclic amines) is 1. The minimum Gasteiger partial charge on any atom is -0.303 e. The summed E-state index contributed by atoms with van der Waals surface area (Å²) in [4.78, 5) is 2.62. The minimum atomic E-state index is 0.877. The number of unbranched alkanes of at least 4 members (excludes halogenated alkanes) is 1. The maximum Gasteiger partial charge on any atom is 0.000957 e. The summed E-state index contributed by atoms with van der Waals surface area (Å²) in [5, 5.41) is 0. The predicted molar refractivity (Wildman–Crippen MR) is 68.0 cm³/mol. The first kappa shape index (κ1) is 12.5. The van der Waals surface area contributed by atoms with Gasteiger partial charge in [-0.05, 0) is 44.2 Å². The summed E-state index contributed by atoms with van der Waals surface area (Å²) in [5.74, 6) is 1.80. The number of hydrogen-bond acceptors (Lipinski definition) is 1. The van der Waals surface area contributed by atoms with Gasteiger partial charge in [0, 0.05) is 6.54 Å². The average Bonchev–Trinajstić information content (AvgIpc) is 2.23. The molecular weight excluding hydrogens is 182 g/mol. The van der Waals surface area contributed by atoms with Crippen molar-refractivity contribution in [3.8, 4) is 0 Å². The molecule has 2 unspecified atom stereocenters. The molecule has 1 heteroatoms. The summed E-state index contributed by atoms with van der Waals surface area (Å²) in [6.07, 6.45) is 9.95. The molecule has 0 aromatic heterocycles. The van der Waals surface area contributed by atoms with Gasteiger partial charge in [0.2, 0.25) is 0 Å². The van der Waals surface area contributed by atoms with Crippen LogP contribution in [0.5, 0.6) is 0 Å². The molecule has 1 heterocycles. The largest absolute Gasteiger partial charge is 0.303 e. The number of rotatable bonds is 5. The maximum atomic E-state index is 3.67. The molecule has 15 heavy (non-hydrogen) atoms. The molecule has 86 valence electrons. The fraction of sp³-hybridized carbons (Fsp3) is 0.714. The molecule has 1 nitrogen and oxygen atoms in total. The van der Waals surface area contributed by atoms with Crippen LogP contribution in [-0.2, 0) is 0 Å². The van der Waals surface area contributed by atoms with Gasteiger partial charge in [-0.2, -0.15) is 0 Å². The molecular formula is C14H25N. The quantitative estimate of drug-likeness (QED) is 0.493. The van der Waals surface area contributed by atoms with Crippen LogP contribution in [0.25, 0.3) is 0 Å². The second kappa shape index (κ2) is 6.84. The van der Waals surface area contributed by atoms with Crippen LogP contribution >= 0.6 is 0 Å². The van der Waals surface area contributed by atoms with Gasteiger partial charge >= 0.3 is 0 Å². The Balaban J connectivity index is 2.11. The van der Waals surface area contributed by atoms with Crippen molar-refractivity contribution in [2.24, 2.45) is 11.8 Å². The van der Waals surface area contributed by atoms with E-state index in [0.717, 1.165) is 11.8 Å². The van der Waals surface area contributed by atoms with E-state index < -0.39 is 0 Å². The Morgan fingerprint density at radius 2 is 2.13 bits per heavy atom. The lowest BCUT2D eigenvalue weighted by Gasteiger charge is -2.35. The van der Waals surface area contributed by atoms with E-state index in [9.17, 15) is 0 Å². The number of hydrogen-bond donors (Lipinski definition) is 0. The van der Waals surface area contributed by atoms with Crippen molar-refractivity contribution in [3.63, 3.8) is 0 Å². The van der Waals surface area contributed by atoms with Crippen molar-refractivity contribution < 1.29 is 0 Å². The Morgan fingerprint density at radius 1 is 1.33 bits per heavy atom. The number of piperidine rings is 1. The van der Waals surface area contributed by atoms with Gasteiger partial charge in [0.05, 0.1) is 0 Å². The van der Waals surface area contributed by atoms with E-state index in [1.54, 1.807) is 0 Å². The summed E-state index contributed by atoms with van der Waals surface area (Å²) in [6, 6.07) is 0. The zero-order valence-corrected chi connectivity index (χ0v) is 10.3. The highest BCUT2D eigenvalue weighted by molar-refractivity contribution is 4.96. The molecule has 1 fully saturated rings. The van der Waals surface area contributed by atoms with Crippen LogP contribution in [0.2, 0.25) is 0 Å². The zero-order valence-electron chi connectivity index (χ0n) is 10.3. The SMILES string of the molecule is C=C/C=C\CCCN1CCC(C)C(C)C1. The summed E-state index contributed by atoms with van der Waals surface area (Å²) >= 11 is 0. The number of allylic oxidation sites excluding steroid dienone is 3. The molecule has 1 rings (SSSR count). The standard InChI is InChI=1S/C14H25N/c1-4-5-6-7-8-10-15-11-9-13(2)14(3)12-15/h4-6,13-14H,1,7-12H2,2-3H3/b6-5-. The second-order valence-corrected chi connectivity index (χ2v) is 4.85. The van der Waals surface area contributed by atoms with Crippen LogP contribution in [-0.4, -0.2) is 24.5 Å². The van der Waals surface area contributed by atoms with Gasteiger partial charge in [0.1, 0.15) is 0 Å². The van der Waals surface area contributed by atoms with Gasteiger partial charge in [0.15, 0.2) is 0 Å². The van der Waals surface area contributed by atoms with E-state index in [1.807, 2.05) is 12.2 Å². The topological polar surface area (TPSA) is 3.24 Å². The van der Waals surface area contributed by atoms with Crippen molar-refractivity contribution in [1.82, 2.24) is 4.90 Å². The Labute approximate surface area is 94.9 Å². The predicted octanol–water partition coefficient (Wildman–Crippen LogP) is 3.49. The zero-order chi connectivity index (χ0) is 11.1. The van der Waals surface area contributed by atoms with Gasteiger partial charge in [0.25, 0.3) is 0 Å². The van der Waals surface area contributed by atoms with E-state index >= 15 is 0 Å². The minimum absolute atomic E-state index is 0.877. The Bertz CT molecular complexity index is 207. The Morgan fingerprint density at radius 3 is 2.80 bits per heavy atom. The summed E-state index contributed by atoms with van der Waals surface area (Å²) < 4.78 is 0. The lowest BCUT2D eigenvalue weighted by atomic mass is 9.88. The van der Waals surface area contributed by atoms with Crippen LogP contribution in [0.15, 0.2) is 24.8 Å². The fourth-order valence-electron chi connectivity index (χ4n) is 2.18. The first-order valence-corrected chi connectivity index (χ1v) is 6.24. The van der Waals surface area contributed by atoms with Crippen LogP contribution in [0.4, 0.5) is 0 Å². The summed E-state index contributed by atoms with van der Waals surface area (Å²) in [7, 11) is 0. The smallest absolute Gasteiger partial charge is 0.000957 e. The molecule has 0 saturated carbocycles.